The van der Waals surface area contributed by atoms with Crippen LogP contribution in [0.3, 0.4) is 0 Å². The summed E-state index contributed by atoms with van der Waals surface area (Å²) in [6, 6.07) is 11.7. The molecule has 0 saturated carbocycles. The number of thiazole rings is 1. The third-order valence-electron chi connectivity index (χ3n) is 4.73. The van der Waals surface area contributed by atoms with Crippen LogP contribution in [0.4, 0.5) is 10.8 Å². The zero-order valence-corrected chi connectivity index (χ0v) is 18.1. The summed E-state index contributed by atoms with van der Waals surface area (Å²) in [5, 5.41) is 2.44. The molecule has 0 fully saturated rings. The molecule has 0 aliphatic heterocycles. The smallest absolute Gasteiger partial charge is 0.230 e. The zero-order valence-electron chi connectivity index (χ0n) is 17.3. The number of hydrogen-bond donors (Lipinski definition) is 0. The van der Waals surface area contributed by atoms with Gasteiger partial charge in [-0.1, -0.05) is 42.0 Å². The van der Waals surface area contributed by atoms with Gasteiger partial charge in [0.15, 0.2) is 10.9 Å². The van der Waals surface area contributed by atoms with Gasteiger partial charge in [0.2, 0.25) is 5.91 Å². The molecule has 1 heterocycles. The van der Waals surface area contributed by atoms with Crippen LogP contribution >= 0.6 is 11.3 Å². The molecule has 3 aromatic rings. The number of aryl methyl sites for hydroxylation is 4. The molecule has 0 N–H and O–H groups in total. The van der Waals surface area contributed by atoms with Crippen molar-refractivity contribution in [3.05, 3.63) is 81.4 Å². The summed E-state index contributed by atoms with van der Waals surface area (Å²) in [7, 11) is 0. The van der Waals surface area contributed by atoms with E-state index in [1.807, 2.05) is 69.5 Å². The number of anilines is 2. The van der Waals surface area contributed by atoms with Gasteiger partial charge in [-0.3, -0.25) is 14.5 Å². The number of benzene rings is 2. The van der Waals surface area contributed by atoms with Crippen molar-refractivity contribution in [3.8, 4) is 0 Å². The second-order valence-electron chi connectivity index (χ2n) is 7.17. The van der Waals surface area contributed by atoms with Crippen molar-refractivity contribution in [2.75, 3.05) is 4.90 Å². The summed E-state index contributed by atoms with van der Waals surface area (Å²) in [4.78, 5) is 31.1. The first kappa shape index (κ1) is 20.7. The Bertz CT molecular complexity index is 1090. The topological polar surface area (TPSA) is 50.3 Å². The molecule has 0 aliphatic carbocycles. The molecule has 3 rings (SSSR count). The molecule has 4 nitrogen and oxygen atoms in total. The van der Waals surface area contributed by atoms with Gasteiger partial charge in [0, 0.05) is 17.9 Å². The van der Waals surface area contributed by atoms with E-state index in [0.717, 1.165) is 27.9 Å². The SMILES string of the molecule is CC(=O)N(c1nc(/C=C/C(=O)c2ccc(C)cc2C)cs1)c1c(C)cccc1C. The van der Waals surface area contributed by atoms with E-state index in [1.54, 1.807) is 11.0 Å². The molecule has 0 radical (unpaired) electrons. The highest BCUT2D eigenvalue weighted by atomic mass is 32.1. The van der Waals surface area contributed by atoms with Crippen molar-refractivity contribution in [1.82, 2.24) is 4.98 Å². The predicted octanol–water partition coefficient (Wildman–Crippen LogP) is 5.96. The number of carbonyl (C=O) groups is 2. The third kappa shape index (κ3) is 4.51. The number of aromatic nitrogens is 1. The maximum absolute atomic E-state index is 12.5. The van der Waals surface area contributed by atoms with Gasteiger partial charge >= 0.3 is 0 Å². The first-order chi connectivity index (χ1) is 13.8. The Labute approximate surface area is 175 Å². The Hall–Kier alpha value is -3.05. The lowest BCUT2D eigenvalue weighted by Crippen LogP contribution is -2.24. The molecule has 0 atom stereocenters. The highest BCUT2D eigenvalue weighted by Gasteiger charge is 2.21. The summed E-state index contributed by atoms with van der Waals surface area (Å²) >= 11 is 1.38. The maximum Gasteiger partial charge on any atom is 0.230 e. The van der Waals surface area contributed by atoms with Crippen LogP contribution in [0.15, 0.2) is 47.9 Å². The maximum atomic E-state index is 12.5. The molecule has 29 heavy (non-hydrogen) atoms. The van der Waals surface area contributed by atoms with Crippen LogP contribution in [-0.4, -0.2) is 16.7 Å². The standard InChI is InChI=1S/C24H24N2O2S/c1-15-9-11-21(18(4)13-15)22(28)12-10-20-14-29-24(25-20)26(19(5)27)23-16(2)7-6-8-17(23)3/h6-14H,1-5H3/b12-10+. The molecule has 5 heteroatoms. The molecule has 0 saturated heterocycles. The molecule has 1 aromatic heterocycles. The molecule has 148 valence electrons. The number of carbonyl (C=O) groups excluding carboxylic acids is 2. The van der Waals surface area contributed by atoms with E-state index < -0.39 is 0 Å². The number of rotatable bonds is 5. The Morgan fingerprint density at radius 2 is 1.69 bits per heavy atom. The van der Waals surface area contributed by atoms with Crippen LogP contribution in [0.1, 0.15) is 45.2 Å². The highest BCUT2D eigenvalue weighted by molar-refractivity contribution is 7.14. The van der Waals surface area contributed by atoms with Gasteiger partial charge in [-0.05, 0) is 56.5 Å². The zero-order chi connectivity index (χ0) is 21.1. The van der Waals surface area contributed by atoms with E-state index in [2.05, 4.69) is 4.98 Å². The van der Waals surface area contributed by atoms with Crippen molar-refractivity contribution in [2.24, 2.45) is 0 Å². The molecular weight excluding hydrogens is 380 g/mol. The van der Waals surface area contributed by atoms with Crippen LogP contribution in [0.2, 0.25) is 0 Å². The van der Waals surface area contributed by atoms with E-state index in [1.165, 1.54) is 24.3 Å². The molecule has 0 unspecified atom stereocenters. The number of nitrogens with zero attached hydrogens (tertiary/aromatic N) is 2. The average Bonchev–Trinajstić information content (AvgIpc) is 3.11. The summed E-state index contributed by atoms with van der Waals surface area (Å²) in [5.74, 6) is -0.158. The fourth-order valence-electron chi connectivity index (χ4n) is 3.34. The van der Waals surface area contributed by atoms with Crippen LogP contribution in [-0.2, 0) is 4.79 Å². The van der Waals surface area contributed by atoms with Gasteiger partial charge < -0.3 is 0 Å². The van der Waals surface area contributed by atoms with Gasteiger partial charge in [0.05, 0.1) is 11.4 Å². The Morgan fingerprint density at radius 3 is 2.31 bits per heavy atom. The predicted molar refractivity (Wildman–Crippen MR) is 120 cm³/mol. The summed E-state index contributed by atoms with van der Waals surface area (Å²) in [6.07, 6.45) is 3.23. The Morgan fingerprint density at radius 1 is 1.00 bits per heavy atom. The first-order valence-electron chi connectivity index (χ1n) is 9.40. The fourth-order valence-corrected chi connectivity index (χ4v) is 4.18. The van der Waals surface area contributed by atoms with Gasteiger partial charge in [-0.25, -0.2) is 4.98 Å². The van der Waals surface area contributed by atoms with E-state index >= 15 is 0 Å². The Kier molecular flexibility index (Phi) is 6.09. The van der Waals surface area contributed by atoms with E-state index in [0.29, 0.717) is 16.4 Å². The first-order valence-corrected chi connectivity index (χ1v) is 10.3. The largest absolute Gasteiger partial charge is 0.289 e. The van der Waals surface area contributed by atoms with E-state index in [9.17, 15) is 9.59 Å². The van der Waals surface area contributed by atoms with Gasteiger partial charge in [-0.15, -0.1) is 11.3 Å². The van der Waals surface area contributed by atoms with Crippen LogP contribution < -0.4 is 4.90 Å². The van der Waals surface area contributed by atoms with Crippen LogP contribution in [0.5, 0.6) is 0 Å². The van der Waals surface area contributed by atoms with E-state index in [4.69, 9.17) is 0 Å². The van der Waals surface area contributed by atoms with Crippen molar-refractivity contribution in [3.63, 3.8) is 0 Å². The number of amides is 1. The molecular formula is C24H24N2O2S. The average molecular weight is 405 g/mol. The lowest BCUT2D eigenvalue weighted by Gasteiger charge is -2.22. The van der Waals surface area contributed by atoms with Gasteiger partial charge in [-0.2, -0.15) is 0 Å². The molecule has 2 aromatic carbocycles. The normalized spacial score (nSPS) is 11.1. The van der Waals surface area contributed by atoms with Gasteiger partial charge in [0.1, 0.15) is 0 Å². The number of para-hydroxylation sites is 1. The lowest BCUT2D eigenvalue weighted by atomic mass is 10.0. The summed E-state index contributed by atoms with van der Waals surface area (Å²) in [6.45, 7) is 9.44. The highest BCUT2D eigenvalue weighted by Crippen LogP contribution is 2.33. The molecule has 0 spiro atoms. The van der Waals surface area contributed by atoms with E-state index in [-0.39, 0.29) is 11.7 Å². The second kappa shape index (κ2) is 8.53. The minimum atomic E-state index is -0.0985. The molecule has 1 amide bonds. The number of hydrogen-bond acceptors (Lipinski definition) is 4. The van der Waals surface area contributed by atoms with Crippen molar-refractivity contribution in [1.29, 1.82) is 0 Å². The third-order valence-corrected chi connectivity index (χ3v) is 5.58. The number of allylic oxidation sites excluding steroid dienone is 1. The fraction of sp³-hybridized carbons (Fsp3) is 0.208. The van der Waals surface area contributed by atoms with Crippen LogP contribution in [0.25, 0.3) is 6.08 Å². The minimum Gasteiger partial charge on any atom is -0.289 e. The Balaban J connectivity index is 1.88. The molecule has 0 bridgehead atoms. The van der Waals surface area contributed by atoms with Gasteiger partial charge in [0.25, 0.3) is 0 Å². The minimum absolute atomic E-state index is 0.0600. The van der Waals surface area contributed by atoms with Crippen molar-refractivity contribution in [2.45, 2.75) is 34.6 Å². The quantitative estimate of drug-likeness (QED) is 0.389. The monoisotopic (exact) mass is 404 g/mol. The van der Waals surface area contributed by atoms with Crippen LogP contribution in [0, 0.1) is 27.7 Å². The summed E-state index contributed by atoms with van der Waals surface area (Å²) in [5.41, 5.74) is 6.30. The summed E-state index contributed by atoms with van der Waals surface area (Å²) < 4.78 is 0. The number of ketones is 1. The van der Waals surface area contributed by atoms with Crippen molar-refractivity contribution < 1.29 is 9.59 Å². The lowest BCUT2D eigenvalue weighted by molar-refractivity contribution is -0.115. The second-order valence-corrected chi connectivity index (χ2v) is 8.00. The molecule has 0 aliphatic rings. The van der Waals surface area contributed by atoms with Crippen molar-refractivity contribution >= 4 is 39.9 Å².